The van der Waals surface area contributed by atoms with E-state index in [4.69, 9.17) is 0 Å². The maximum absolute atomic E-state index is 12.6. The van der Waals surface area contributed by atoms with E-state index in [-0.39, 0.29) is 11.8 Å². The monoisotopic (exact) mass is 435 g/mol. The molecule has 4 nitrogen and oxygen atoms in total. The van der Waals surface area contributed by atoms with Crippen LogP contribution in [0.2, 0.25) is 0 Å². The predicted molar refractivity (Wildman–Crippen MR) is 127 cm³/mol. The number of rotatable bonds is 6. The molecule has 0 fully saturated rings. The molecule has 0 bridgehead atoms. The Kier molecular flexibility index (Phi) is 6.79. The summed E-state index contributed by atoms with van der Waals surface area (Å²) in [7, 11) is 2.27. The summed E-state index contributed by atoms with van der Waals surface area (Å²) in [6.07, 6.45) is 8.23. The first-order valence-corrected chi connectivity index (χ1v) is 12.5. The Hall–Kier alpha value is -2.16. The van der Waals surface area contributed by atoms with E-state index in [0.717, 1.165) is 37.1 Å². The summed E-state index contributed by atoms with van der Waals surface area (Å²) < 4.78 is 0. The van der Waals surface area contributed by atoms with E-state index >= 15 is 0 Å². The summed E-state index contributed by atoms with van der Waals surface area (Å²) >= 11 is 1.63. The zero-order valence-electron chi connectivity index (χ0n) is 18.9. The van der Waals surface area contributed by atoms with Crippen LogP contribution in [-0.2, 0) is 24.1 Å². The molecule has 5 heteroatoms. The minimum Gasteiger partial charge on any atom is -0.316 e. The van der Waals surface area contributed by atoms with E-state index in [9.17, 15) is 10.1 Å². The molecule has 2 aromatic rings. The minimum atomic E-state index is 0.0101. The number of benzene rings is 1. The van der Waals surface area contributed by atoms with Gasteiger partial charge in [0.05, 0.1) is 5.56 Å². The second-order valence-electron chi connectivity index (χ2n) is 8.99. The Bertz CT molecular complexity index is 985. The van der Waals surface area contributed by atoms with Gasteiger partial charge in [0.1, 0.15) is 11.1 Å². The fourth-order valence-electron chi connectivity index (χ4n) is 5.40. The van der Waals surface area contributed by atoms with E-state index in [1.807, 2.05) is 13.8 Å². The molecule has 0 saturated heterocycles. The lowest BCUT2D eigenvalue weighted by atomic mass is 9.84. The number of nitrogens with one attached hydrogen (secondary N) is 1. The number of likely N-dealkylation sites (N-methyl/N-ethyl adjacent to an activating group) is 1. The fourth-order valence-corrected chi connectivity index (χ4v) is 6.67. The molecule has 2 atom stereocenters. The lowest BCUT2D eigenvalue weighted by Gasteiger charge is -2.40. The second kappa shape index (κ2) is 9.54. The third-order valence-electron chi connectivity index (χ3n) is 7.35. The number of thiophene rings is 1. The van der Waals surface area contributed by atoms with Crippen molar-refractivity contribution in [2.75, 3.05) is 12.4 Å². The highest BCUT2D eigenvalue weighted by Crippen LogP contribution is 2.41. The SMILES string of the molecule is CCC(CC)C(=O)Nc1sc2c(c1C#N)CCC(N(C)C1CCCc3ccccc31)C2. The Morgan fingerprint density at radius 2 is 2.03 bits per heavy atom. The van der Waals surface area contributed by atoms with Crippen LogP contribution in [0.5, 0.6) is 0 Å². The topological polar surface area (TPSA) is 56.1 Å². The van der Waals surface area contributed by atoms with Crippen molar-refractivity contribution in [2.24, 2.45) is 5.92 Å². The number of nitrogens with zero attached hydrogens (tertiary/aromatic N) is 2. The molecule has 2 unspecified atom stereocenters. The summed E-state index contributed by atoms with van der Waals surface area (Å²) in [5.74, 6) is 0.0588. The number of carbonyl (C=O) groups excluding carboxylic acids is 1. The van der Waals surface area contributed by atoms with E-state index in [1.54, 1.807) is 11.3 Å². The third kappa shape index (κ3) is 4.29. The Balaban J connectivity index is 1.53. The number of carbonyl (C=O) groups is 1. The molecule has 1 aromatic carbocycles. The lowest BCUT2D eigenvalue weighted by molar-refractivity contribution is -0.120. The zero-order valence-corrected chi connectivity index (χ0v) is 19.7. The van der Waals surface area contributed by atoms with Crippen molar-refractivity contribution in [2.45, 2.75) is 77.3 Å². The molecule has 0 spiro atoms. The van der Waals surface area contributed by atoms with E-state index < -0.39 is 0 Å². The molecular formula is C26H33N3OS. The van der Waals surface area contributed by atoms with Crippen LogP contribution in [0, 0.1) is 17.2 Å². The number of nitriles is 1. The van der Waals surface area contributed by atoms with Crippen molar-refractivity contribution in [3.63, 3.8) is 0 Å². The summed E-state index contributed by atoms with van der Waals surface area (Å²) in [6.45, 7) is 4.09. The second-order valence-corrected chi connectivity index (χ2v) is 10.1. The van der Waals surface area contributed by atoms with Gasteiger partial charge in [0.15, 0.2) is 0 Å². The van der Waals surface area contributed by atoms with Gasteiger partial charge in [-0.05, 0) is 75.1 Å². The number of hydrogen-bond donors (Lipinski definition) is 1. The lowest BCUT2D eigenvalue weighted by Crippen LogP contribution is -2.40. The van der Waals surface area contributed by atoms with Crippen LogP contribution in [0.3, 0.4) is 0 Å². The number of fused-ring (bicyclic) bond motifs is 2. The normalized spacial score (nSPS) is 20.3. The molecule has 1 N–H and O–H groups in total. The molecule has 4 rings (SSSR count). The Labute approximate surface area is 190 Å². The average molecular weight is 436 g/mol. The quantitative estimate of drug-likeness (QED) is 0.618. The third-order valence-corrected chi connectivity index (χ3v) is 8.52. The molecule has 0 radical (unpaired) electrons. The highest BCUT2D eigenvalue weighted by Gasteiger charge is 2.33. The minimum absolute atomic E-state index is 0.0101. The van der Waals surface area contributed by atoms with Gasteiger partial charge in [-0.3, -0.25) is 9.69 Å². The van der Waals surface area contributed by atoms with Crippen LogP contribution in [0.4, 0.5) is 5.00 Å². The zero-order chi connectivity index (χ0) is 22.0. The molecule has 0 aliphatic heterocycles. The van der Waals surface area contributed by atoms with Gasteiger partial charge in [0.25, 0.3) is 0 Å². The number of amides is 1. The summed E-state index contributed by atoms with van der Waals surface area (Å²) in [5.41, 5.74) is 4.85. The van der Waals surface area contributed by atoms with Gasteiger partial charge in [0, 0.05) is 22.9 Å². The van der Waals surface area contributed by atoms with Crippen LogP contribution < -0.4 is 5.32 Å². The maximum Gasteiger partial charge on any atom is 0.228 e. The molecule has 1 aromatic heterocycles. The molecule has 2 aliphatic rings. The molecule has 2 aliphatic carbocycles. The fraction of sp³-hybridized carbons (Fsp3) is 0.538. The van der Waals surface area contributed by atoms with Gasteiger partial charge >= 0.3 is 0 Å². The van der Waals surface area contributed by atoms with Crippen molar-refractivity contribution in [3.05, 3.63) is 51.4 Å². The molecular weight excluding hydrogens is 402 g/mol. The first-order valence-electron chi connectivity index (χ1n) is 11.7. The number of aryl methyl sites for hydroxylation is 1. The van der Waals surface area contributed by atoms with Crippen LogP contribution in [0.25, 0.3) is 0 Å². The van der Waals surface area contributed by atoms with Gasteiger partial charge in [-0.2, -0.15) is 5.26 Å². The largest absolute Gasteiger partial charge is 0.316 e. The maximum atomic E-state index is 12.6. The first kappa shape index (κ1) is 22.0. The predicted octanol–water partition coefficient (Wildman–Crippen LogP) is 5.86. The van der Waals surface area contributed by atoms with Crippen LogP contribution in [-0.4, -0.2) is 23.9 Å². The van der Waals surface area contributed by atoms with Crippen LogP contribution >= 0.6 is 11.3 Å². The summed E-state index contributed by atoms with van der Waals surface area (Å²) in [5, 5.41) is 13.7. The number of hydrogen-bond acceptors (Lipinski definition) is 4. The number of anilines is 1. The van der Waals surface area contributed by atoms with Crippen molar-refractivity contribution in [1.29, 1.82) is 5.26 Å². The van der Waals surface area contributed by atoms with Gasteiger partial charge in [-0.25, -0.2) is 0 Å². The molecule has 1 amide bonds. The summed E-state index contributed by atoms with van der Waals surface area (Å²) in [6, 6.07) is 12.2. The molecule has 1 heterocycles. The molecule has 31 heavy (non-hydrogen) atoms. The van der Waals surface area contributed by atoms with Gasteiger partial charge < -0.3 is 5.32 Å². The van der Waals surface area contributed by atoms with Crippen molar-refractivity contribution in [3.8, 4) is 6.07 Å². The standard InChI is InChI=1S/C26H33N3OS/c1-4-17(5-2)25(30)28-26-22(16-27)21-14-13-19(15-24(21)31-26)29(3)23-12-8-10-18-9-6-7-11-20(18)23/h6-7,9,11,17,19,23H,4-5,8,10,12-15H2,1-3H3,(H,28,30). The van der Waals surface area contributed by atoms with E-state index in [2.05, 4.69) is 47.6 Å². The van der Waals surface area contributed by atoms with Crippen LogP contribution in [0.1, 0.15) is 79.1 Å². The highest BCUT2D eigenvalue weighted by atomic mass is 32.1. The highest BCUT2D eigenvalue weighted by molar-refractivity contribution is 7.16. The molecule has 0 saturated carbocycles. The Morgan fingerprint density at radius 3 is 2.77 bits per heavy atom. The van der Waals surface area contributed by atoms with Crippen molar-refractivity contribution in [1.82, 2.24) is 4.90 Å². The van der Waals surface area contributed by atoms with Crippen LogP contribution in [0.15, 0.2) is 24.3 Å². The average Bonchev–Trinajstić information content (AvgIpc) is 3.15. The van der Waals surface area contributed by atoms with Crippen molar-refractivity contribution >= 4 is 22.2 Å². The summed E-state index contributed by atoms with van der Waals surface area (Å²) in [4.78, 5) is 16.5. The smallest absolute Gasteiger partial charge is 0.228 e. The molecule has 164 valence electrons. The Morgan fingerprint density at radius 1 is 1.26 bits per heavy atom. The van der Waals surface area contributed by atoms with Gasteiger partial charge in [-0.1, -0.05) is 38.1 Å². The van der Waals surface area contributed by atoms with E-state index in [1.165, 1.54) is 40.8 Å². The van der Waals surface area contributed by atoms with Gasteiger partial charge in [-0.15, -0.1) is 11.3 Å². The first-order chi connectivity index (χ1) is 15.1. The van der Waals surface area contributed by atoms with Gasteiger partial charge in [0.2, 0.25) is 5.91 Å². The van der Waals surface area contributed by atoms with E-state index in [0.29, 0.717) is 17.6 Å². The van der Waals surface area contributed by atoms with Crippen molar-refractivity contribution < 1.29 is 4.79 Å².